The normalized spacial score (nSPS) is 28.7. The molecule has 24 nitrogen and oxygen atoms in total. The van der Waals surface area contributed by atoms with Gasteiger partial charge in [0.15, 0.2) is 0 Å². The highest BCUT2D eigenvalue weighted by molar-refractivity contribution is 6.00. The summed E-state index contributed by atoms with van der Waals surface area (Å²) in [6, 6.07) is -12.0. The molecule has 0 spiro atoms. The van der Waals surface area contributed by atoms with Crippen molar-refractivity contribution in [3.05, 3.63) is 0 Å². The predicted molar refractivity (Wildman–Crippen MR) is 268 cm³/mol. The maximum atomic E-state index is 14.2. The fourth-order valence-electron chi connectivity index (χ4n) is 9.22. The summed E-state index contributed by atoms with van der Waals surface area (Å²) in [4.78, 5) is 144. The van der Waals surface area contributed by atoms with E-state index in [1.807, 2.05) is 27.7 Å². The number of rotatable bonds is 14. The van der Waals surface area contributed by atoms with Crippen LogP contribution in [0.25, 0.3) is 0 Å². The lowest BCUT2D eigenvalue weighted by Crippen LogP contribution is -2.62. The van der Waals surface area contributed by atoms with Crippen LogP contribution in [0.1, 0.15) is 120 Å². The van der Waals surface area contributed by atoms with E-state index < -0.39 is 131 Å². The third-order valence-corrected chi connectivity index (χ3v) is 13.2. The topological polar surface area (TPSA) is 377 Å². The molecule has 3 aliphatic rings. The van der Waals surface area contributed by atoms with E-state index in [0.29, 0.717) is 25.7 Å². The van der Waals surface area contributed by atoms with E-state index in [1.54, 1.807) is 27.7 Å². The number of carbonyl (C=O) groups is 10. The van der Waals surface area contributed by atoms with Crippen molar-refractivity contribution >= 4 is 59.1 Å². The monoisotopic (exact) mass is 1020 g/mol. The van der Waals surface area contributed by atoms with Crippen molar-refractivity contribution in [2.24, 2.45) is 46.6 Å². The summed E-state index contributed by atoms with van der Waals surface area (Å²) in [6.07, 6.45) is 2.28. The molecule has 408 valence electrons. The van der Waals surface area contributed by atoms with Gasteiger partial charge in [-0.05, 0) is 101 Å². The molecule has 72 heavy (non-hydrogen) atoms. The molecule has 0 aliphatic carbocycles. The number of fused-ring (bicyclic) bond motifs is 2. The Morgan fingerprint density at radius 3 is 1.01 bits per heavy atom. The van der Waals surface area contributed by atoms with Crippen molar-refractivity contribution in [1.29, 1.82) is 0 Å². The smallest absolute Gasteiger partial charge is 0.247 e. The second-order valence-corrected chi connectivity index (χ2v) is 20.8. The van der Waals surface area contributed by atoms with Gasteiger partial charge in [0, 0.05) is 26.2 Å². The number of carbonyl (C=O) groups excluding carboxylic acids is 10. The molecule has 10 atom stereocenters. The van der Waals surface area contributed by atoms with E-state index >= 15 is 0 Å². The molecular weight excluding hydrogens is 933 g/mol. The van der Waals surface area contributed by atoms with Crippen LogP contribution in [0.3, 0.4) is 0 Å². The molecule has 3 rings (SSSR count). The first-order chi connectivity index (χ1) is 34.0. The lowest BCUT2D eigenvalue weighted by atomic mass is 9.99. The first-order valence-corrected chi connectivity index (χ1v) is 25.8. The molecule has 3 heterocycles. The van der Waals surface area contributed by atoms with Gasteiger partial charge in [0.25, 0.3) is 0 Å². The second-order valence-electron chi connectivity index (χ2n) is 20.8. The summed E-state index contributed by atoms with van der Waals surface area (Å²) in [5, 5.41) is 21.8. The van der Waals surface area contributed by atoms with Gasteiger partial charge < -0.3 is 75.3 Å². The molecule has 0 radical (unpaired) electrons. The molecule has 0 aromatic rings. The summed E-state index contributed by atoms with van der Waals surface area (Å²) in [7, 11) is 0. The van der Waals surface area contributed by atoms with Crippen molar-refractivity contribution in [3.63, 3.8) is 0 Å². The largest absolute Gasteiger partial charge is 0.343 e. The van der Waals surface area contributed by atoms with Crippen LogP contribution in [0.5, 0.6) is 0 Å². The van der Waals surface area contributed by atoms with Crippen LogP contribution >= 0.6 is 0 Å². The minimum absolute atomic E-state index is 0.0676. The Balaban J connectivity index is 2.12. The average Bonchev–Trinajstić information content (AvgIpc) is 4.03. The van der Waals surface area contributed by atoms with Crippen molar-refractivity contribution in [2.75, 3.05) is 39.3 Å². The third-order valence-electron chi connectivity index (χ3n) is 13.2. The zero-order valence-corrected chi connectivity index (χ0v) is 43.7. The lowest BCUT2D eigenvalue weighted by molar-refractivity contribution is -0.143. The highest BCUT2D eigenvalue weighted by atomic mass is 16.2. The SMILES string of the molecule is CC(C)CC1NC(=O)C(CCCN)NC(=O)C(C(C)C)NC(=O)C2CCCN2C(=O)C(CN)NC(=O)C(CC(C)C)NC(=O)C(CCCN)NC(=O)C(C(C)C)NC(=O)C2CCCN2C(=O)C(CN)NC1=O. The Hall–Kier alpha value is -5.46. The maximum Gasteiger partial charge on any atom is 0.247 e. The number of hydrogen-bond acceptors (Lipinski definition) is 14. The van der Waals surface area contributed by atoms with Crippen molar-refractivity contribution in [1.82, 2.24) is 52.3 Å². The fourth-order valence-corrected chi connectivity index (χ4v) is 9.22. The summed E-state index contributed by atoms with van der Waals surface area (Å²) in [5.74, 6) is -8.21. The molecule has 10 unspecified atom stereocenters. The Morgan fingerprint density at radius 1 is 0.417 bits per heavy atom. The van der Waals surface area contributed by atoms with E-state index in [1.165, 1.54) is 9.80 Å². The van der Waals surface area contributed by atoms with Crippen LogP contribution in [0.2, 0.25) is 0 Å². The van der Waals surface area contributed by atoms with Crippen molar-refractivity contribution in [2.45, 2.75) is 180 Å². The molecule has 3 saturated heterocycles. The lowest BCUT2D eigenvalue weighted by Gasteiger charge is -2.32. The molecule has 0 saturated carbocycles. The maximum absolute atomic E-state index is 14.2. The standard InChI is InChI=1S/C48H86N14O10/c1-25(2)21-31-41(65)57-33(23-51)47(71)61-19-11-15-35(61)43(67)60-38(28(7)8)46(70)54-30(14-10-18-50)40(64)56-32(22-26(3)4)42(66)58-34(24-52)48(72)62-20-12-16-36(62)44(68)59-37(27(5)6)45(69)53-29(13-9-17-49)39(63)55-31/h25-38H,9-24,49-52H2,1-8H3,(H,53,69)(H,54,70)(H,55,63)(H,56,64)(H,57,65)(H,58,66)(H,59,68)(H,60,67). The summed E-state index contributed by atoms with van der Waals surface area (Å²) < 4.78 is 0. The van der Waals surface area contributed by atoms with E-state index in [4.69, 9.17) is 22.9 Å². The quantitative estimate of drug-likeness (QED) is 0.0810. The molecule has 24 heteroatoms. The van der Waals surface area contributed by atoms with E-state index in [-0.39, 0.29) is 89.6 Å². The molecule has 16 N–H and O–H groups in total. The number of amides is 10. The molecular formula is C48H86N14O10. The molecule has 0 aromatic carbocycles. The molecule has 0 aromatic heterocycles. The Morgan fingerprint density at radius 2 is 0.722 bits per heavy atom. The molecule has 3 fully saturated rings. The van der Waals surface area contributed by atoms with Gasteiger partial charge in [0.1, 0.15) is 60.4 Å². The van der Waals surface area contributed by atoms with Gasteiger partial charge in [0.2, 0.25) is 59.1 Å². The number of nitrogens with two attached hydrogens (primary N) is 4. The predicted octanol–water partition coefficient (Wildman–Crippen LogP) is -3.34. The second kappa shape index (κ2) is 29.3. The van der Waals surface area contributed by atoms with Gasteiger partial charge in [-0.15, -0.1) is 0 Å². The Bertz CT molecular complexity index is 1770. The summed E-state index contributed by atoms with van der Waals surface area (Å²) >= 11 is 0. The van der Waals surface area contributed by atoms with E-state index in [2.05, 4.69) is 42.5 Å². The number of nitrogens with zero attached hydrogens (tertiary/aromatic N) is 2. The summed E-state index contributed by atoms with van der Waals surface area (Å²) in [5.41, 5.74) is 23.8. The van der Waals surface area contributed by atoms with Crippen LogP contribution < -0.4 is 65.5 Å². The fraction of sp³-hybridized carbons (Fsp3) is 0.792. The van der Waals surface area contributed by atoms with Crippen LogP contribution in [0.15, 0.2) is 0 Å². The summed E-state index contributed by atoms with van der Waals surface area (Å²) in [6.45, 7) is 14.0. The average molecular weight is 1020 g/mol. The van der Waals surface area contributed by atoms with Gasteiger partial charge in [-0.1, -0.05) is 55.4 Å². The van der Waals surface area contributed by atoms with E-state index in [9.17, 15) is 47.9 Å². The first-order valence-electron chi connectivity index (χ1n) is 25.8. The minimum atomic E-state index is -1.32. The third kappa shape index (κ3) is 17.4. The number of nitrogens with one attached hydrogen (secondary N) is 8. The highest BCUT2D eigenvalue weighted by Crippen LogP contribution is 2.22. The number of hydrogen-bond donors (Lipinski definition) is 12. The zero-order valence-electron chi connectivity index (χ0n) is 43.7. The van der Waals surface area contributed by atoms with E-state index in [0.717, 1.165) is 0 Å². The Kier molecular flexibility index (Phi) is 24.8. The van der Waals surface area contributed by atoms with Gasteiger partial charge in [-0.25, -0.2) is 0 Å². The van der Waals surface area contributed by atoms with Gasteiger partial charge in [0.05, 0.1) is 0 Å². The van der Waals surface area contributed by atoms with Gasteiger partial charge in [-0.3, -0.25) is 47.9 Å². The molecule has 3 aliphatic heterocycles. The Labute approximate surface area is 424 Å². The van der Waals surface area contributed by atoms with Gasteiger partial charge >= 0.3 is 0 Å². The zero-order chi connectivity index (χ0) is 54.0. The molecule has 10 amide bonds. The van der Waals surface area contributed by atoms with Crippen LogP contribution in [-0.4, -0.2) is 169 Å². The van der Waals surface area contributed by atoms with Crippen molar-refractivity contribution < 1.29 is 47.9 Å². The minimum Gasteiger partial charge on any atom is -0.343 e. The van der Waals surface area contributed by atoms with Crippen LogP contribution in [-0.2, 0) is 47.9 Å². The van der Waals surface area contributed by atoms with Crippen molar-refractivity contribution in [3.8, 4) is 0 Å². The first kappa shape index (κ1) is 60.8. The molecule has 0 bridgehead atoms. The van der Waals surface area contributed by atoms with Gasteiger partial charge in [-0.2, -0.15) is 0 Å². The van der Waals surface area contributed by atoms with Crippen LogP contribution in [0, 0.1) is 23.7 Å². The van der Waals surface area contributed by atoms with Crippen LogP contribution in [0.4, 0.5) is 0 Å². The highest BCUT2D eigenvalue weighted by Gasteiger charge is 2.43.